The molecule has 2 fully saturated rings. The summed E-state index contributed by atoms with van der Waals surface area (Å²) in [5.41, 5.74) is 3.99. The van der Waals surface area contributed by atoms with Crippen molar-refractivity contribution in [3.05, 3.63) is 54.1 Å². The molecule has 0 radical (unpaired) electrons. The van der Waals surface area contributed by atoms with E-state index >= 15 is 0 Å². The molecule has 0 bridgehead atoms. The van der Waals surface area contributed by atoms with Gasteiger partial charge in [0.1, 0.15) is 0 Å². The molecule has 2 aromatic carbocycles. The molecule has 1 N–H and O–H groups in total. The van der Waals surface area contributed by atoms with Gasteiger partial charge in [-0.05, 0) is 48.2 Å². The topological polar surface area (TPSA) is 61.9 Å². The second-order valence-corrected chi connectivity index (χ2v) is 8.41. The molecule has 0 saturated carbocycles. The molecule has 0 aliphatic carbocycles. The van der Waals surface area contributed by atoms with E-state index in [0.29, 0.717) is 12.5 Å². The summed E-state index contributed by atoms with van der Waals surface area (Å²) >= 11 is 0. The number of morpholine rings is 1. The van der Waals surface area contributed by atoms with Gasteiger partial charge in [-0.15, -0.1) is 0 Å². The molecule has 2 atom stereocenters. The van der Waals surface area contributed by atoms with Gasteiger partial charge in [-0.3, -0.25) is 9.59 Å². The van der Waals surface area contributed by atoms with E-state index < -0.39 is 0 Å². The minimum atomic E-state index is -0.351. The molecule has 6 nitrogen and oxygen atoms in total. The van der Waals surface area contributed by atoms with Crippen molar-refractivity contribution in [1.29, 1.82) is 0 Å². The lowest BCUT2D eigenvalue weighted by Crippen LogP contribution is -2.36. The molecule has 0 spiro atoms. The molecule has 2 aromatic rings. The van der Waals surface area contributed by atoms with E-state index in [1.54, 1.807) is 4.90 Å². The third-order valence-corrected chi connectivity index (χ3v) is 6.38. The molecule has 31 heavy (non-hydrogen) atoms. The number of amides is 2. The fourth-order valence-corrected chi connectivity index (χ4v) is 4.31. The number of para-hydroxylation sites is 1. The zero-order chi connectivity index (χ0) is 21.8. The van der Waals surface area contributed by atoms with Gasteiger partial charge in [-0.2, -0.15) is 0 Å². The monoisotopic (exact) mass is 421 g/mol. The molecule has 2 aliphatic rings. The first kappa shape index (κ1) is 21.4. The molecular weight excluding hydrogens is 390 g/mol. The standard InChI is InChI=1S/C25H31N3O3/c1-3-18(2)22-6-4-5-7-23(22)28-17-19(16-24(28)29)25(30)26-20-8-10-21(11-9-20)27-12-14-31-15-13-27/h4-11,18-19H,3,12-17H2,1-2H3,(H,26,30)/t18-,19-/m0/s1. The third kappa shape index (κ3) is 4.74. The van der Waals surface area contributed by atoms with Gasteiger partial charge in [0.2, 0.25) is 11.8 Å². The van der Waals surface area contributed by atoms with E-state index in [0.717, 1.165) is 55.3 Å². The number of hydrogen-bond donors (Lipinski definition) is 1. The Hall–Kier alpha value is -2.86. The third-order valence-electron chi connectivity index (χ3n) is 6.38. The molecule has 2 heterocycles. The summed E-state index contributed by atoms with van der Waals surface area (Å²) in [4.78, 5) is 29.7. The first-order valence-electron chi connectivity index (χ1n) is 11.2. The first-order valence-corrected chi connectivity index (χ1v) is 11.2. The highest BCUT2D eigenvalue weighted by atomic mass is 16.5. The second kappa shape index (κ2) is 9.52. The number of nitrogens with zero attached hydrogens (tertiary/aromatic N) is 2. The molecular formula is C25H31N3O3. The number of hydrogen-bond acceptors (Lipinski definition) is 4. The lowest BCUT2D eigenvalue weighted by atomic mass is 9.96. The Morgan fingerprint density at radius 3 is 2.55 bits per heavy atom. The molecule has 164 valence electrons. The molecule has 2 saturated heterocycles. The largest absolute Gasteiger partial charge is 0.378 e. The van der Waals surface area contributed by atoms with Crippen LogP contribution in [0.25, 0.3) is 0 Å². The Morgan fingerprint density at radius 1 is 1.13 bits per heavy atom. The van der Waals surface area contributed by atoms with E-state index in [-0.39, 0.29) is 24.2 Å². The van der Waals surface area contributed by atoms with Crippen molar-refractivity contribution in [3.63, 3.8) is 0 Å². The summed E-state index contributed by atoms with van der Waals surface area (Å²) in [5, 5.41) is 2.99. The highest BCUT2D eigenvalue weighted by Gasteiger charge is 2.36. The van der Waals surface area contributed by atoms with Gasteiger partial charge < -0.3 is 19.9 Å². The van der Waals surface area contributed by atoms with Crippen LogP contribution < -0.4 is 15.1 Å². The summed E-state index contributed by atoms with van der Waals surface area (Å²) < 4.78 is 5.40. The van der Waals surface area contributed by atoms with Crippen molar-refractivity contribution in [2.75, 3.05) is 48.0 Å². The molecule has 4 rings (SSSR count). The van der Waals surface area contributed by atoms with Crippen LogP contribution in [-0.4, -0.2) is 44.7 Å². The Morgan fingerprint density at radius 2 is 1.84 bits per heavy atom. The van der Waals surface area contributed by atoms with Gasteiger partial charge in [0.15, 0.2) is 0 Å². The van der Waals surface area contributed by atoms with Crippen molar-refractivity contribution in [2.45, 2.75) is 32.6 Å². The zero-order valence-corrected chi connectivity index (χ0v) is 18.3. The number of nitrogens with one attached hydrogen (secondary N) is 1. The summed E-state index contributed by atoms with van der Waals surface area (Å²) in [7, 11) is 0. The maximum absolute atomic E-state index is 12.9. The summed E-state index contributed by atoms with van der Waals surface area (Å²) in [5.74, 6) is -0.0761. The van der Waals surface area contributed by atoms with Gasteiger partial charge >= 0.3 is 0 Å². The van der Waals surface area contributed by atoms with Crippen LogP contribution in [0, 0.1) is 5.92 Å². The van der Waals surface area contributed by atoms with E-state index in [2.05, 4.69) is 30.1 Å². The average Bonchev–Trinajstić information content (AvgIpc) is 3.21. The van der Waals surface area contributed by atoms with E-state index in [1.165, 1.54) is 0 Å². The van der Waals surface area contributed by atoms with Crippen LogP contribution in [-0.2, 0) is 14.3 Å². The van der Waals surface area contributed by atoms with Crippen LogP contribution in [0.5, 0.6) is 0 Å². The minimum absolute atomic E-state index is 0.0126. The van der Waals surface area contributed by atoms with Gasteiger partial charge in [-0.25, -0.2) is 0 Å². The number of anilines is 3. The Labute approximate surface area is 184 Å². The number of ether oxygens (including phenoxy) is 1. The second-order valence-electron chi connectivity index (χ2n) is 8.41. The van der Waals surface area contributed by atoms with Gasteiger partial charge in [-0.1, -0.05) is 32.0 Å². The summed E-state index contributed by atoms with van der Waals surface area (Å²) in [6.07, 6.45) is 1.25. The quantitative estimate of drug-likeness (QED) is 0.765. The van der Waals surface area contributed by atoms with Crippen molar-refractivity contribution in [3.8, 4) is 0 Å². The van der Waals surface area contributed by atoms with Crippen LogP contribution in [0.4, 0.5) is 17.1 Å². The maximum atomic E-state index is 12.9. The predicted molar refractivity (Wildman–Crippen MR) is 124 cm³/mol. The number of benzene rings is 2. The minimum Gasteiger partial charge on any atom is -0.378 e. The maximum Gasteiger partial charge on any atom is 0.229 e. The Bertz CT molecular complexity index is 922. The van der Waals surface area contributed by atoms with Crippen LogP contribution in [0.15, 0.2) is 48.5 Å². The highest BCUT2D eigenvalue weighted by Crippen LogP contribution is 2.33. The van der Waals surface area contributed by atoms with Crippen LogP contribution in [0.3, 0.4) is 0 Å². The Kier molecular flexibility index (Phi) is 6.56. The van der Waals surface area contributed by atoms with Crippen LogP contribution in [0.2, 0.25) is 0 Å². The van der Waals surface area contributed by atoms with Gasteiger partial charge in [0.05, 0.1) is 19.1 Å². The normalized spacial score (nSPS) is 20.1. The van der Waals surface area contributed by atoms with Crippen LogP contribution >= 0.6 is 0 Å². The van der Waals surface area contributed by atoms with E-state index in [1.807, 2.05) is 42.5 Å². The number of carbonyl (C=O) groups excluding carboxylic acids is 2. The molecule has 6 heteroatoms. The summed E-state index contributed by atoms with van der Waals surface area (Å²) in [6, 6.07) is 15.9. The van der Waals surface area contributed by atoms with Crippen molar-refractivity contribution in [1.82, 2.24) is 0 Å². The van der Waals surface area contributed by atoms with Crippen molar-refractivity contribution >= 4 is 28.9 Å². The fourth-order valence-electron chi connectivity index (χ4n) is 4.31. The van der Waals surface area contributed by atoms with Crippen molar-refractivity contribution < 1.29 is 14.3 Å². The van der Waals surface area contributed by atoms with Gasteiger partial charge in [0, 0.05) is 43.1 Å². The van der Waals surface area contributed by atoms with Crippen molar-refractivity contribution in [2.24, 2.45) is 5.92 Å². The van der Waals surface area contributed by atoms with E-state index in [4.69, 9.17) is 4.74 Å². The average molecular weight is 422 g/mol. The molecule has 0 unspecified atom stereocenters. The van der Waals surface area contributed by atoms with Gasteiger partial charge in [0.25, 0.3) is 0 Å². The molecule has 0 aromatic heterocycles. The fraction of sp³-hybridized carbons (Fsp3) is 0.440. The molecule has 2 aliphatic heterocycles. The highest BCUT2D eigenvalue weighted by molar-refractivity contribution is 6.04. The molecule has 2 amide bonds. The Balaban J connectivity index is 1.41. The number of rotatable bonds is 6. The summed E-state index contributed by atoms with van der Waals surface area (Å²) in [6.45, 7) is 7.98. The van der Waals surface area contributed by atoms with Crippen LogP contribution in [0.1, 0.15) is 38.2 Å². The predicted octanol–water partition coefficient (Wildman–Crippen LogP) is 4.03. The number of carbonyl (C=O) groups is 2. The zero-order valence-electron chi connectivity index (χ0n) is 18.3. The smallest absolute Gasteiger partial charge is 0.229 e. The SMILES string of the molecule is CC[C@H](C)c1ccccc1N1C[C@@H](C(=O)Nc2ccc(N3CCOCC3)cc2)CC1=O. The first-order chi connectivity index (χ1) is 15.1. The lowest BCUT2D eigenvalue weighted by molar-refractivity contribution is -0.122. The van der Waals surface area contributed by atoms with E-state index in [9.17, 15) is 9.59 Å². The lowest BCUT2D eigenvalue weighted by Gasteiger charge is -2.29.